The number of likely N-dealkylation sites (N-methyl/N-ethyl adjacent to an activating group) is 1. The Labute approximate surface area is 374 Å². The number of alkyl carbamates (subject to hydrolysis) is 1. The Morgan fingerprint density at radius 2 is 1.66 bits per heavy atom. The topological polar surface area (TPSA) is 194 Å². The number of rotatable bonds is 14. The normalized spacial score (nSPS) is 19.1. The molecule has 3 fully saturated rings. The molecule has 3 saturated heterocycles. The van der Waals surface area contributed by atoms with E-state index in [1.807, 2.05) is 81.1 Å². The van der Waals surface area contributed by atoms with Gasteiger partial charge in [0.05, 0.1) is 43.3 Å². The smallest absolute Gasteiger partial charge is 0.407 e. The van der Waals surface area contributed by atoms with Crippen molar-refractivity contribution in [1.82, 2.24) is 40.3 Å². The predicted octanol–water partition coefficient (Wildman–Crippen LogP) is 5.08. The van der Waals surface area contributed by atoms with Gasteiger partial charge in [-0.3, -0.25) is 19.2 Å². The maximum absolute atomic E-state index is 13.9. The van der Waals surface area contributed by atoms with Crippen LogP contribution in [0, 0.1) is 5.92 Å². The van der Waals surface area contributed by atoms with Crippen LogP contribution in [0.2, 0.25) is 0 Å². The van der Waals surface area contributed by atoms with Crippen LogP contribution in [0.3, 0.4) is 0 Å². The van der Waals surface area contributed by atoms with Gasteiger partial charge in [-0.25, -0.2) is 14.8 Å². The molecule has 0 saturated carbocycles. The minimum absolute atomic E-state index is 0.00657. The van der Waals surface area contributed by atoms with Gasteiger partial charge >= 0.3 is 6.09 Å². The molecule has 4 N–H and O–H groups in total. The van der Waals surface area contributed by atoms with E-state index < -0.39 is 11.6 Å². The SMILES string of the molecule is CCOc1cc(NC(=O)c2ccc(N3CCN(C(=O)[C@]4(C)CCCN4C(=O)C(NC)C(C)C)CC3)nc2)ccc1-c1ccc(-c2cnc(C3CCCN3C(=O)CNC(=O)OC)[nH]2)cc1. The fourth-order valence-corrected chi connectivity index (χ4v) is 9.11. The average molecular weight is 877 g/mol. The van der Waals surface area contributed by atoms with Gasteiger partial charge < -0.3 is 50.0 Å². The minimum Gasteiger partial charge on any atom is -0.493 e. The summed E-state index contributed by atoms with van der Waals surface area (Å²) in [5, 5.41) is 8.58. The molecule has 0 aliphatic carbocycles. The lowest BCUT2D eigenvalue weighted by molar-refractivity contribution is -0.152. The summed E-state index contributed by atoms with van der Waals surface area (Å²) in [7, 11) is 3.05. The van der Waals surface area contributed by atoms with E-state index in [1.165, 1.54) is 7.11 Å². The van der Waals surface area contributed by atoms with Crippen molar-refractivity contribution in [3.63, 3.8) is 0 Å². The fourth-order valence-electron chi connectivity index (χ4n) is 9.11. The van der Waals surface area contributed by atoms with E-state index >= 15 is 0 Å². The number of imidazole rings is 1. The molecule has 340 valence electrons. The Bertz CT molecular complexity index is 2310. The molecule has 17 heteroatoms. The summed E-state index contributed by atoms with van der Waals surface area (Å²) in [6.45, 7) is 11.5. The number of benzene rings is 2. The molecule has 0 radical (unpaired) electrons. The first kappa shape index (κ1) is 45.5. The van der Waals surface area contributed by atoms with Crippen LogP contribution < -0.4 is 25.6 Å². The molecule has 17 nitrogen and oxygen atoms in total. The van der Waals surface area contributed by atoms with Crippen molar-refractivity contribution in [3.8, 4) is 28.1 Å². The van der Waals surface area contributed by atoms with E-state index in [4.69, 9.17) is 4.74 Å². The Balaban J connectivity index is 0.942. The highest BCUT2D eigenvalue weighted by Gasteiger charge is 2.49. The van der Waals surface area contributed by atoms with E-state index in [0.29, 0.717) is 75.1 Å². The molecule has 2 aromatic heterocycles. The Morgan fingerprint density at radius 3 is 2.33 bits per heavy atom. The van der Waals surface area contributed by atoms with Crippen molar-refractivity contribution in [2.45, 2.75) is 71.0 Å². The van der Waals surface area contributed by atoms with E-state index in [1.54, 1.807) is 35.3 Å². The number of nitrogens with one attached hydrogen (secondary N) is 4. The number of piperazine rings is 1. The first-order chi connectivity index (χ1) is 30.8. The summed E-state index contributed by atoms with van der Waals surface area (Å²) in [5.74, 6) is 1.61. The number of pyridine rings is 1. The first-order valence-corrected chi connectivity index (χ1v) is 22.2. The van der Waals surface area contributed by atoms with Crippen LogP contribution in [0.1, 0.15) is 75.6 Å². The number of aromatic amines is 1. The second-order valence-corrected chi connectivity index (χ2v) is 17.0. The lowest BCUT2D eigenvalue weighted by atomic mass is 9.94. The zero-order valence-electron chi connectivity index (χ0n) is 37.6. The molecule has 7 rings (SSSR count). The van der Waals surface area contributed by atoms with Crippen LogP contribution in [0.4, 0.5) is 16.3 Å². The lowest BCUT2D eigenvalue weighted by Crippen LogP contribution is -2.62. The van der Waals surface area contributed by atoms with Gasteiger partial charge in [-0.1, -0.05) is 38.1 Å². The molecular formula is C47H60N10O7. The molecule has 0 bridgehead atoms. The summed E-state index contributed by atoms with van der Waals surface area (Å²) in [5.41, 5.74) is 3.64. The van der Waals surface area contributed by atoms with Crippen molar-refractivity contribution < 1.29 is 33.4 Å². The zero-order chi connectivity index (χ0) is 45.5. The van der Waals surface area contributed by atoms with Crippen LogP contribution in [-0.2, 0) is 19.1 Å². The first-order valence-electron chi connectivity index (χ1n) is 22.2. The van der Waals surface area contributed by atoms with Gasteiger partial charge in [0.15, 0.2) is 0 Å². The summed E-state index contributed by atoms with van der Waals surface area (Å²) < 4.78 is 10.6. The molecule has 5 amide bonds. The number of hydrogen-bond acceptors (Lipinski definition) is 11. The van der Waals surface area contributed by atoms with Gasteiger partial charge in [0, 0.05) is 62.8 Å². The van der Waals surface area contributed by atoms with E-state index in [2.05, 4.69) is 40.5 Å². The number of anilines is 2. The average Bonchev–Trinajstić information content (AvgIpc) is 4.09. The lowest BCUT2D eigenvalue weighted by Gasteiger charge is -2.43. The van der Waals surface area contributed by atoms with Gasteiger partial charge in [0.25, 0.3) is 5.91 Å². The summed E-state index contributed by atoms with van der Waals surface area (Å²) in [6.07, 6.45) is 5.72. The molecule has 0 spiro atoms. The highest BCUT2D eigenvalue weighted by Crippen LogP contribution is 2.36. The van der Waals surface area contributed by atoms with Crippen LogP contribution in [0.15, 0.2) is 67.0 Å². The predicted molar refractivity (Wildman–Crippen MR) is 243 cm³/mol. The Hall–Kier alpha value is -6.49. The Kier molecular flexibility index (Phi) is 14.2. The molecule has 3 aliphatic rings. The molecule has 4 aromatic rings. The summed E-state index contributed by atoms with van der Waals surface area (Å²) >= 11 is 0. The summed E-state index contributed by atoms with van der Waals surface area (Å²) in [6, 6.07) is 16.6. The molecule has 3 aliphatic heterocycles. The Morgan fingerprint density at radius 1 is 0.906 bits per heavy atom. The highest BCUT2D eigenvalue weighted by molar-refractivity contribution is 6.04. The van der Waals surface area contributed by atoms with Gasteiger partial charge in [-0.15, -0.1) is 0 Å². The maximum Gasteiger partial charge on any atom is 0.407 e. The van der Waals surface area contributed by atoms with Crippen molar-refractivity contribution in [1.29, 1.82) is 0 Å². The highest BCUT2D eigenvalue weighted by atomic mass is 16.5. The monoisotopic (exact) mass is 876 g/mol. The molecule has 3 atom stereocenters. The van der Waals surface area contributed by atoms with Gasteiger partial charge in [0.2, 0.25) is 17.7 Å². The van der Waals surface area contributed by atoms with Crippen molar-refractivity contribution in [3.05, 3.63) is 78.4 Å². The van der Waals surface area contributed by atoms with Gasteiger partial charge in [-0.2, -0.15) is 0 Å². The minimum atomic E-state index is -0.863. The number of carbonyl (C=O) groups excluding carboxylic acids is 5. The fraction of sp³-hybridized carbons (Fsp3) is 0.468. The molecular weight excluding hydrogens is 817 g/mol. The second kappa shape index (κ2) is 19.9. The van der Waals surface area contributed by atoms with Crippen molar-refractivity contribution in [2.75, 3.05) is 76.8 Å². The van der Waals surface area contributed by atoms with Crippen LogP contribution >= 0.6 is 0 Å². The third-order valence-corrected chi connectivity index (χ3v) is 12.6. The molecule has 2 unspecified atom stereocenters. The largest absolute Gasteiger partial charge is 0.493 e. The standard InChI is InChI=1S/C47H60N10O7/c1-7-64-38-26-34(16-17-35(38)31-11-13-32(14-12-31)36-28-50-42(53-36)37-10-8-20-56(37)40(58)29-51-46(62)63-6)52-43(59)33-15-18-39(49-27-33)54-22-24-55(25-23-54)45(61)47(4)19-9-21-57(47)44(60)41(48-5)30(2)3/h11-18,26-28,30,37,41,48H,7-10,19-25,29H2,1-6H3,(H,50,53)(H,51,62)(H,52,59)/t37?,41?,47-/m0/s1. The van der Waals surface area contributed by atoms with Crippen LogP contribution in [0.5, 0.6) is 5.75 Å². The zero-order valence-corrected chi connectivity index (χ0v) is 37.6. The third kappa shape index (κ3) is 9.68. The molecule has 2 aromatic carbocycles. The van der Waals surface area contributed by atoms with Gasteiger partial charge in [-0.05, 0) is 87.9 Å². The number of likely N-dealkylation sites (tertiary alicyclic amines) is 2. The van der Waals surface area contributed by atoms with Crippen LogP contribution in [0.25, 0.3) is 22.4 Å². The number of ether oxygens (including phenoxy) is 2. The number of aromatic nitrogens is 3. The van der Waals surface area contributed by atoms with Crippen molar-refractivity contribution >= 4 is 41.2 Å². The quantitative estimate of drug-likeness (QED) is 0.132. The van der Waals surface area contributed by atoms with Gasteiger partial charge in [0.1, 0.15) is 29.5 Å². The number of nitrogens with zero attached hydrogens (tertiary/aromatic N) is 6. The van der Waals surface area contributed by atoms with E-state index in [9.17, 15) is 24.0 Å². The van der Waals surface area contributed by atoms with E-state index in [0.717, 1.165) is 47.5 Å². The summed E-state index contributed by atoms with van der Waals surface area (Å²) in [4.78, 5) is 85.3. The second-order valence-electron chi connectivity index (χ2n) is 17.0. The van der Waals surface area contributed by atoms with Crippen LogP contribution in [-0.4, -0.2) is 138 Å². The van der Waals surface area contributed by atoms with Crippen molar-refractivity contribution in [2.24, 2.45) is 5.92 Å². The van der Waals surface area contributed by atoms with E-state index in [-0.39, 0.29) is 48.2 Å². The number of amides is 5. The number of H-pyrrole nitrogens is 1. The number of carbonyl (C=O) groups is 5. The third-order valence-electron chi connectivity index (χ3n) is 12.6. The number of hydrogen-bond donors (Lipinski definition) is 4. The maximum atomic E-state index is 13.9. The molecule has 64 heavy (non-hydrogen) atoms. The number of methoxy groups -OCH3 is 1. The molecule has 5 heterocycles.